The molecule has 1 heterocycles. The molecule has 3 N–H and O–H groups in total. The molecule has 1 fully saturated rings. The lowest BCUT2D eigenvalue weighted by atomic mass is 9.94. The Bertz CT molecular complexity index is 625. The van der Waals surface area contributed by atoms with E-state index < -0.39 is 6.04 Å². The van der Waals surface area contributed by atoms with Crippen molar-refractivity contribution in [2.75, 3.05) is 13.1 Å². The molecule has 0 aliphatic carbocycles. The van der Waals surface area contributed by atoms with Crippen molar-refractivity contribution in [3.05, 3.63) is 35.1 Å². The summed E-state index contributed by atoms with van der Waals surface area (Å²) in [6, 6.07) is 4.48. The van der Waals surface area contributed by atoms with Crippen molar-refractivity contribution in [1.29, 1.82) is 0 Å². The highest BCUT2D eigenvalue weighted by Crippen LogP contribution is 2.19. The molecule has 1 aliphatic rings. The van der Waals surface area contributed by atoms with Crippen molar-refractivity contribution in [1.82, 2.24) is 10.2 Å². The Kier molecular flexibility index (Phi) is 6.53. The van der Waals surface area contributed by atoms with Crippen LogP contribution >= 0.6 is 0 Å². The number of nitrogens with zero attached hydrogens (tertiary/aromatic N) is 1. The number of benzene rings is 1. The number of hydrogen-bond acceptors (Lipinski definition) is 3. The van der Waals surface area contributed by atoms with Gasteiger partial charge < -0.3 is 16.0 Å². The summed E-state index contributed by atoms with van der Waals surface area (Å²) in [6.07, 6.45) is 1.26. The summed E-state index contributed by atoms with van der Waals surface area (Å²) in [6.45, 7) is 6.98. The number of nitrogens with one attached hydrogen (secondary N) is 1. The van der Waals surface area contributed by atoms with Gasteiger partial charge in [0.05, 0.1) is 6.04 Å². The van der Waals surface area contributed by atoms with Gasteiger partial charge in [-0.15, -0.1) is 0 Å². The molecular weight excluding hydrogens is 321 g/mol. The molecule has 25 heavy (non-hydrogen) atoms. The Labute approximate surface area is 148 Å². The average molecular weight is 349 g/mol. The fraction of sp³-hybridized carbons (Fsp3) is 0.579. The van der Waals surface area contributed by atoms with Crippen LogP contribution in [0, 0.1) is 24.6 Å². The molecule has 0 unspecified atom stereocenters. The lowest BCUT2D eigenvalue weighted by Gasteiger charge is -2.33. The van der Waals surface area contributed by atoms with Crippen LogP contribution in [0.3, 0.4) is 0 Å². The fourth-order valence-electron chi connectivity index (χ4n) is 2.94. The summed E-state index contributed by atoms with van der Waals surface area (Å²) in [5.41, 5.74) is 7.25. The van der Waals surface area contributed by atoms with Gasteiger partial charge in [0.1, 0.15) is 5.82 Å². The van der Waals surface area contributed by atoms with E-state index in [9.17, 15) is 14.0 Å². The molecule has 2 amide bonds. The maximum atomic E-state index is 13.5. The van der Waals surface area contributed by atoms with E-state index in [1.807, 2.05) is 19.9 Å². The van der Waals surface area contributed by atoms with Crippen molar-refractivity contribution < 1.29 is 14.0 Å². The second kappa shape index (κ2) is 8.43. The van der Waals surface area contributed by atoms with E-state index in [0.29, 0.717) is 38.0 Å². The molecule has 138 valence electrons. The molecule has 6 heteroatoms. The van der Waals surface area contributed by atoms with Gasteiger partial charge in [0, 0.05) is 25.6 Å². The zero-order chi connectivity index (χ0) is 18.6. The first-order valence-corrected chi connectivity index (χ1v) is 8.86. The number of nitrogens with two attached hydrogens (primary N) is 1. The SMILES string of the molecule is Cc1ccc(CNC(=O)C2CCN(C(=O)[C@@H](N)C(C)C)CC2)cc1F. The number of hydrogen-bond donors (Lipinski definition) is 2. The molecule has 1 atom stereocenters. The summed E-state index contributed by atoms with van der Waals surface area (Å²) in [7, 11) is 0. The van der Waals surface area contributed by atoms with Crippen LogP contribution in [0.1, 0.15) is 37.8 Å². The molecule has 0 radical (unpaired) electrons. The molecule has 0 bridgehead atoms. The Morgan fingerprint density at radius 1 is 1.32 bits per heavy atom. The molecule has 0 spiro atoms. The van der Waals surface area contributed by atoms with Gasteiger partial charge in [-0.25, -0.2) is 4.39 Å². The van der Waals surface area contributed by atoms with Gasteiger partial charge in [-0.3, -0.25) is 9.59 Å². The maximum Gasteiger partial charge on any atom is 0.239 e. The van der Waals surface area contributed by atoms with Crippen molar-refractivity contribution in [2.24, 2.45) is 17.6 Å². The second-order valence-electron chi connectivity index (χ2n) is 7.17. The lowest BCUT2D eigenvalue weighted by Crippen LogP contribution is -2.50. The molecule has 2 rings (SSSR count). The van der Waals surface area contributed by atoms with Crippen molar-refractivity contribution in [2.45, 2.75) is 46.2 Å². The molecule has 5 nitrogen and oxygen atoms in total. The van der Waals surface area contributed by atoms with Gasteiger partial charge in [0.25, 0.3) is 0 Å². The van der Waals surface area contributed by atoms with E-state index in [4.69, 9.17) is 5.73 Å². The van der Waals surface area contributed by atoms with Crippen LogP contribution in [0.2, 0.25) is 0 Å². The van der Waals surface area contributed by atoms with Crippen LogP contribution < -0.4 is 11.1 Å². The van der Waals surface area contributed by atoms with Crippen LogP contribution in [0.25, 0.3) is 0 Å². The van der Waals surface area contributed by atoms with Gasteiger partial charge in [-0.05, 0) is 42.9 Å². The highest BCUT2D eigenvalue weighted by molar-refractivity contribution is 5.83. The van der Waals surface area contributed by atoms with E-state index in [-0.39, 0.29) is 29.5 Å². The minimum atomic E-state index is -0.484. The quantitative estimate of drug-likeness (QED) is 0.853. The standard InChI is InChI=1S/C19H28FN3O2/c1-12(2)17(21)19(25)23-8-6-15(7-9-23)18(24)22-11-14-5-4-13(3)16(20)10-14/h4-5,10,12,15,17H,6-9,11,21H2,1-3H3,(H,22,24)/t17-/m0/s1. The summed E-state index contributed by atoms with van der Waals surface area (Å²) in [4.78, 5) is 26.3. The largest absolute Gasteiger partial charge is 0.352 e. The van der Waals surface area contributed by atoms with Gasteiger partial charge >= 0.3 is 0 Å². The number of amides is 2. The van der Waals surface area contributed by atoms with E-state index in [0.717, 1.165) is 5.56 Å². The number of carbonyl (C=O) groups excluding carboxylic acids is 2. The fourth-order valence-corrected chi connectivity index (χ4v) is 2.94. The summed E-state index contributed by atoms with van der Waals surface area (Å²) in [5.74, 6) is -0.358. The third kappa shape index (κ3) is 5.01. The molecule has 1 aromatic carbocycles. The Morgan fingerprint density at radius 3 is 2.52 bits per heavy atom. The molecule has 1 saturated heterocycles. The third-order valence-corrected chi connectivity index (χ3v) is 4.88. The summed E-state index contributed by atoms with van der Waals surface area (Å²) >= 11 is 0. The maximum absolute atomic E-state index is 13.5. The molecule has 0 aromatic heterocycles. The predicted molar refractivity (Wildman–Crippen MR) is 95.1 cm³/mol. The monoisotopic (exact) mass is 349 g/mol. The Balaban J connectivity index is 1.81. The highest BCUT2D eigenvalue weighted by atomic mass is 19.1. The van der Waals surface area contributed by atoms with Gasteiger partial charge in [-0.2, -0.15) is 0 Å². The Morgan fingerprint density at radius 2 is 1.96 bits per heavy atom. The number of halogens is 1. The highest BCUT2D eigenvalue weighted by Gasteiger charge is 2.30. The average Bonchev–Trinajstić information content (AvgIpc) is 2.61. The van der Waals surface area contributed by atoms with Crippen LogP contribution in [-0.4, -0.2) is 35.8 Å². The molecule has 1 aromatic rings. The number of likely N-dealkylation sites (tertiary alicyclic amines) is 1. The number of piperidine rings is 1. The minimum Gasteiger partial charge on any atom is -0.352 e. The number of aryl methyl sites for hydroxylation is 1. The molecule has 0 saturated carbocycles. The second-order valence-corrected chi connectivity index (χ2v) is 7.17. The van der Waals surface area contributed by atoms with Crippen LogP contribution in [0.15, 0.2) is 18.2 Å². The van der Waals surface area contributed by atoms with E-state index in [2.05, 4.69) is 5.32 Å². The number of carbonyl (C=O) groups is 2. The first-order valence-electron chi connectivity index (χ1n) is 8.86. The Hall–Kier alpha value is -1.95. The van der Waals surface area contributed by atoms with Crippen LogP contribution in [0.4, 0.5) is 4.39 Å². The van der Waals surface area contributed by atoms with E-state index in [1.54, 1.807) is 17.9 Å². The number of rotatable bonds is 5. The summed E-state index contributed by atoms with van der Waals surface area (Å²) in [5, 5.41) is 2.87. The predicted octanol–water partition coefficient (Wildman–Crippen LogP) is 1.97. The molecular formula is C19H28FN3O2. The van der Waals surface area contributed by atoms with E-state index >= 15 is 0 Å². The van der Waals surface area contributed by atoms with Crippen molar-refractivity contribution in [3.63, 3.8) is 0 Å². The topological polar surface area (TPSA) is 75.4 Å². The normalized spacial score (nSPS) is 16.8. The van der Waals surface area contributed by atoms with Crippen molar-refractivity contribution >= 4 is 11.8 Å². The van der Waals surface area contributed by atoms with Crippen molar-refractivity contribution in [3.8, 4) is 0 Å². The first-order chi connectivity index (χ1) is 11.8. The smallest absolute Gasteiger partial charge is 0.239 e. The van der Waals surface area contributed by atoms with Gasteiger partial charge in [-0.1, -0.05) is 26.0 Å². The zero-order valence-corrected chi connectivity index (χ0v) is 15.2. The van der Waals surface area contributed by atoms with Gasteiger partial charge in [0.2, 0.25) is 11.8 Å². The van der Waals surface area contributed by atoms with Gasteiger partial charge in [0.15, 0.2) is 0 Å². The third-order valence-electron chi connectivity index (χ3n) is 4.88. The molecule has 1 aliphatic heterocycles. The lowest BCUT2D eigenvalue weighted by molar-refractivity contribution is -0.137. The summed E-state index contributed by atoms with van der Waals surface area (Å²) < 4.78 is 13.5. The van der Waals surface area contributed by atoms with E-state index in [1.165, 1.54) is 6.07 Å². The first kappa shape index (κ1) is 19.4. The van der Waals surface area contributed by atoms with Crippen LogP contribution in [0.5, 0.6) is 0 Å². The minimum absolute atomic E-state index is 0.0380. The zero-order valence-electron chi connectivity index (χ0n) is 15.2. The van der Waals surface area contributed by atoms with Crippen LogP contribution in [-0.2, 0) is 16.1 Å².